The normalized spacial score (nSPS) is 20.4. The quantitative estimate of drug-likeness (QED) is 0.243. The molecule has 142 valence electrons. The largest absolute Gasteiger partial charge is 0.460 e. The van der Waals surface area contributed by atoms with Crippen molar-refractivity contribution in [2.75, 3.05) is 0 Å². The van der Waals surface area contributed by atoms with Gasteiger partial charge in [-0.3, -0.25) is 4.79 Å². The first-order valence-corrected chi connectivity index (χ1v) is 7.72. The minimum Gasteiger partial charge on any atom is -0.460 e. The molecule has 0 N–H and O–H groups in total. The van der Waals surface area contributed by atoms with Crippen LogP contribution in [0.4, 0.5) is 22.0 Å². The van der Waals surface area contributed by atoms with Gasteiger partial charge in [0, 0.05) is 5.92 Å². The summed E-state index contributed by atoms with van der Waals surface area (Å²) in [6, 6.07) is 1.28. The average Bonchev–Trinajstić information content (AvgIpc) is 3.16. The summed E-state index contributed by atoms with van der Waals surface area (Å²) in [7, 11) is 0. The molecule has 0 radical (unpaired) electrons. The number of ether oxygens (including phenoxy) is 1. The van der Waals surface area contributed by atoms with E-state index in [4.69, 9.17) is 10.00 Å². The fourth-order valence-corrected chi connectivity index (χ4v) is 2.92. The van der Waals surface area contributed by atoms with Crippen LogP contribution in [0.25, 0.3) is 6.08 Å². The number of nitriles is 1. The zero-order valence-electron chi connectivity index (χ0n) is 14.4. The number of halogens is 5. The van der Waals surface area contributed by atoms with Crippen LogP contribution in [-0.4, -0.2) is 5.97 Å². The zero-order valence-corrected chi connectivity index (χ0v) is 14.4. The molecule has 0 aromatic heterocycles. The molecule has 0 unspecified atom stereocenters. The van der Waals surface area contributed by atoms with Crippen molar-refractivity contribution in [3.63, 3.8) is 0 Å². The topological polar surface area (TPSA) is 50.1 Å². The van der Waals surface area contributed by atoms with Crippen LogP contribution in [0.2, 0.25) is 0 Å². The van der Waals surface area contributed by atoms with E-state index in [9.17, 15) is 26.7 Å². The maximum Gasteiger partial charge on any atom is 0.310 e. The zero-order chi connectivity index (χ0) is 20.5. The molecule has 1 aliphatic carbocycles. The molecule has 27 heavy (non-hydrogen) atoms. The first kappa shape index (κ1) is 20.4. The number of rotatable bonds is 5. The van der Waals surface area contributed by atoms with E-state index in [0.29, 0.717) is 6.08 Å². The lowest BCUT2D eigenvalue weighted by molar-refractivity contribution is -0.147. The Balaban J connectivity index is 2.22. The second-order valence-electron chi connectivity index (χ2n) is 6.56. The second-order valence-corrected chi connectivity index (χ2v) is 6.56. The molecule has 0 aliphatic heterocycles. The molecule has 1 saturated carbocycles. The van der Waals surface area contributed by atoms with Crippen molar-refractivity contribution in [2.24, 2.45) is 17.3 Å². The van der Waals surface area contributed by atoms with Crippen molar-refractivity contribution < 1.29 is 31.5 Å². The highest BCUT2D eigenvalue weighted by Crippen LogP contribution is 2.60. The number of carbonyl (C=O) groups is 1. The van der Waals surface area contributed by atoms with E-state index in [1.165, 1.54) is 6.07 Å². The molecule has 3 nitrogen and oxygen atoms in total. The van der Waals surface area contributed by atoms with Gasteiger partial charge in [-0.1, -0.05) is 20.4 Å². The Labute approximate surface area is 152 Å². The Morgan fingerprint density at radius 2 is 1.78 bits per heavy atom. The number of carbonyl (C=O) groups excluding carboxylic acids is 1. The van der Waals surface area contributed by atoms with Crippen LogP contribution >= 0.6 is 0 Å². The van der Waals surface area contributed by atoms with Crippen LogP contribution in [0.15, 0.2) is 24.2 Å². The van der Waals surface area contributed by atoms with Gasteiger partial charge in [0.2, 0.25) is 0 Å². The Bertz CT molecular complexity index is 894. The van der Waals surface area contributed by atoms with Crippen LogP contribution < -0.4 is 0 Å². The fourth-order valence-electron chi connectivity index (χ4n) is 2.92. The van der Waals surface area contributed by atoms with Gasteiger partial charge in [-0.15, -0.1) is 5.73 Å². The second kappa shape index (κ2) is 7.37. The highest BCUT2D eigenvalue weighted by Gasteiger charge is 2.61. The molecule has 1 aliphatic rings. The van der Waals surface area contributed by atoms with Crippen molar-refractivity contribution in [1.29, 1.82) is 5.26 Å². The molecule has 1 aromatic rings. The molecule has 2 atom stereocenters. The van der Waals surface area contributed by atoms with Gasteiger partial charge in [-0.25, -0.2) is 17.6 Å². The predicted molar refractivity (Wildman–Crippen MR) is 85.2 cm³/mol. The number of hydrogen-bond acceptors (Lipinski definition) is 3. The number of benzene rings is 1. The number of hydrogen-bond donors (Lipinski definition) is 0. The third-order valence-electron chi connectivity index (χ3n) is 4.59. The number of nitrogens with zero attached hydrogens (tertiary/aromatic N) is 1. The molecule has 2 rings (SSSR count). The molecule has 0 heterocycles. The van der Waals surface area contributed by atoms with Gasteiger partial charge >= 0.3 is 5.97 Å². The minimum atomic E-state index is -1.70. The van der Waals surface area contributed by atoms with E-state index < -0.39 is 70.0 Å². The van der Waals surface area contributed by atoms with E-state index in [1.807, 2.05) is 5.73 Å². The van der Waals surface area contributed by atoms with E-state index in [1.54, 1.807) is 13.8 Å². The van der Waals surface area contributed by atoms with E-state index in [-0.39, 0.29) is 0 Å². The lowest BCUT2D eigenvalue weighted by Gasteiger charge is -2.11. The average molecular weight is 383 g/mol. The molecule has 8 heteroatoms. The summed E-state index contributed by atoms with van der Waals surface area (Å²) in [6.07, 6.45) is 1.60. The number of esters is 1. The molecule has 1 fully saturated rings. The third kappa shape index (κ3) is 3.64. The standard InChI is InChI=1S/C19H14F5NO2/c1-4-5-10-14(21)16(23)11(17(24)15(10)22)8-27-18(26)13-12(19(13,2)3)6-9(20)7-25/h5-6,12-13H,1,8H2,2-3H3/t12-,13-/m0/s1. The SMILES string of the molecule is C=C=Cc1c(F)c(F)c(COC(=O)[C@@H]2[C@H](C=C(F)C#N)C2(C)C)c(F)c1F. The summed E-state index contributed by atoms with van der Waals surface area (Å²) in [4.78, 5) is 12.1. The first-order chi connectivity index (χ1) is 12.6. The van der Waals surface area contributed by atoms with Crippen LogP contribution in [0.5, 0.6) is 0 Å². The van der Waals surface area contributed by atoms with Gasteiger partial charge < -0.3 is 4.74 Å². The molecular weight excluding hydrogens is 369 g/mol. The summed E-state index contributed by atoms with van der Waals surface area (Å²) >= 11 is 0. The highest BCUT2D eigenvalue weighted by atomic mass is 19.2. The molecule has 0 saturated heterocycles. The third-order valence-corrected chi connectivity index (χ3v) is 4.59. The summed E-state index contributed by atoms with van der Waals surface area (Å²) in [5.74, 6) is -10.2. The van der Waals surface area contributed by atoms with Crippen molar-refractivity contribution in [3.05, 3.63) is 58.6 Å². The lowest BCUT2D eigenvalue weighted by atomic mass is 10.1. The van der Waals surface area contributed by atoms with Crippen molar-refractivity contribution in [1.82, 2.24) is 0 Å². The lowest BCUT2D eigenvalue weighted by Crippen LogP contribution is -2.14. The smallest absolute Gasteiger partial charge is 0.310 e. The summed E-state index contributed by atoms with van der Waals surface area (Å²) < 4.78 is 73.6. The van der Waals surface area contributed by atoms with Gasteiger partial charge in [0.25, 0.3) is 0 Å². The molecule has 1 aromatic carbocycles. The van der Waals surface area contributed by atoms with Crippen LogP contribution in [0.1, 0.15) is 25.0 Å². The Morgan fingerprint density at radius 3 is 2.26 bits per heavy atom. The van der Waals surface area contributed by atoms with Crippen LogP contribution in [-0.2, 0) is 16.1 Å². The Hall–Kier alpha value is -2.91. The van der Waals surface area contributed by atoms with E-state index in [0.717, 1.165) is 6.08 Å². The maximum atomic E-state index is 14.0. The van der Waals surface area contributed by atoms with Crippen molar-refractivity contribution in [2.45, 2.75) is 20.5 Å². The minimum absolute atomic E-state index is 0.639. The predicted octanol–water partition coefficient (Wildman–Crippen LogP) is 4.73. The summed E-state index contributed by atoms with van der Waals surface area (Å²) in [5.41, 5.74) is -0.804. The van der Waals surface area contributed by atoms with Gasteiger partial charge in [0.05, 0.1) is 17.0 Å². The Morgan fingerprint density at radius 1 is 1.22 bits per heavy atom. The molecule has 0 spiro atoms. The molecule has 0 bridgehead atoms. The van der Waals surface area contributed by atoms with Crippen LogP contribution in [0.3, 0.4) is 0 Å². The molecular formula is C19H14F5NO2. The number of allylic oxidation sites excluding steroid dienone is 2. The summed E-state index contributed by atoms with van der Waals surface area (Å²) in [6.45, 7) is 5.25. The monoisotopic (exact) mass is 383 g/mol. The van der Waals surface area contributed by atoms with Crippen molar-refractivity contribution in [3.8, 4) is 6.07 Å². The molecule has 0 amide bonds. The van der Waals surface area contributed by atoms with Gasteiger partial charge in [-0.2, -0.15) is 9.65 Å². The summed E-state index contributed by atoms with van der Waals surface area (Å²) in [5, 5.41) is 8.46. The van der Waals surface area contributed by atoms with Gasteiger partial charge in [0.1, 0.15) is 12.7 Å². The van der Waals surface area contributed by atoms with Gasteiger partial charge in [0.15, 0.2) is 29.1 Å². The van der Waals surface area contributed by atoms with Crippen LogP contribution in [0, 0.1) is 51.9 Å². The highest BCUT2D eigenvalue weighted by molar-refractivity contribution is 5.78. The maximum absolute atomic E-state index is 14.0. The van der Waals surface area contributed by atoms with E-state index in [2.05, 4.69) is 6.58 Å². The van der Waals surface area contributed by atoms with Crippen molar-refractivity contribution >= 4 is 12.0 Å². The van der Waals surface area contributed by atoms with Gasteiger partial charge in [-0.05, 0) is 17.6 Å². The first-order valence-electron chi connectivity index (χ1n) is 7.72. The van der Waals surface area contributed by atoms with E-state index >= 15 is 0 Å². The Kier molecular flexibility index (Phi) is 5.57. The fraction of sp³-hybridized carbons (Fsp3) is 0.316.